The number of carbonyl (C=O) groups excluding carboxylic acids is 1. The number of Topliss-reactive ketones (excluding diaryl/α,β-unsaturated/α-hetero) is 1. The molecule has 0 bridgehead atoms. The minimum atomic E-state index is -0.00822. The van der Waals surface area contributed by atoms with Crippen LogP contribution >= 0.6 is 0 Å². The number of fused-ring (bicyclic) bond motifs is 1. The van der Waals surface area contributed by atoms with E-state index in [4.69, 9.17) is 9.47 Å². The number of aromatic nitrogens is 1. The lowest BCUT2D eigenvalue weighted by molar-refractivity contribution is 0.0334. The highest BCUT2D eigenvalue weighted by Gasteiger charge is 2.24. The second kappa shape index (κ2) is 7.66. The van der Waals surface area contributed by atoms with Crippen molar-refractivity contribution in [2.24, 2.45) is 0 Å². The second-order valence-corrected chi connectivity index (χ2v) is 7.00. The van der Waals surface area contributed by atoms with Crippen LogP contribution in [0.3, 0.4) is 0 Å². The average Bonchev–Trinajstić information content (AvgIpc) is 3.01. The van der Waals surface area contributed by atoms with Gasteiger partial charge in [-0.05, 0) is 49.4 Å². The molecular weight excluding hydrogens is 356 g/mol. The van der Waals surface area contributed by atoms with E-state index in [1.807, 2.05) is 30.3 Å². The maximum absolute atomic E-state index is 12.6. The Morgan fingerprint density at radius 3 is 2.50 bits per heavy atom. The van der Waals surface area contributed by atoms with Gasteiger partial charge in [0, 0.05) is 42.0 Å². The van der Waals surface area contributed by atoms with Crippen LogP contribution in [0.1, 0.15) is 23.0 Å². The maximum atomic E-state index is 12.6. The van der Waals surface area contributed by atoms with Gasteiger partial charge in [0.2, 0.25) is 0 Å². The number of methoxy groups -OCH3 is 1. The summed E-state index contributed by atoms with van der Waals surface area (Å²) in [6.07, 6.45) is 0. The zero-order valence-electron chi connectivity index (χ0n) is 16.1. The number of aromatic hydroxyl groups is 1. The molecule has 0 spiro atoms. The van der Waals surface area contributed by atoms with Crippen LogP contribution in [0.25, 0.3) is 16.6 Å². The molecule has 0 amide bonds. The molecule has 4 rings (SSSR count). The zero-order valence-corrected chi connectivity index (χ0v) is 16.1. The number of hydrogen-bond acceptors (Lipinski definition) is 5. The third-order valence-electron chi connectivity index (χ3n) is 5.21. The van der Waals surface area contributed by atoms with Gasteiger partial charge in [-0.1, -0.05) is 0 Å². The van der Waals surface area contributed by atoms with E-state index in [9.17, 15) is 9.90 Å². The van der Waals surface area contributed by atoms with Crippen molar-refractivity contribution in [3.8, 4) is 17.2 Å². The van der Waals surface area contributed by atoms with E-state index >= 15 is 0 Å². The van der Waals surface area contributed by atoms with Gasteiger partial charge >= 0.3 is 0 Å². The topological polar surface area (TPSA) is 63.9 Å². The first kappa shape index (κ1) is 18.5. The molecule has 0 saturated carbocycles. The zero-order chi connectivity index (χ0) is 19.7. The molecule has 6 heteroatoms. The Hall–Kier alpha value is -2.83. The van der Waals surface area contributed by atoms with Crippen molar-refractivity contribution < 1.29 is 19.4 Å². The van der Waals surface area contributed by atoms with Crippen molar-refractivity contribution >= 4 is 16.7 Å². The molecule has 1 fully saturated rings. The van der Waals surface area contributed by atoms with Gasteiger partial charge in [-0.15, -0.1) is 0 Å². The van der Waals surface area contributed by atoms with Gasteiger partial charge in [-0.3, -0.25) is 9.69 Å². The van der Waals surface area contributed by atoms with E-state index in [2.05, 4.69) is 9.47 Å². The molecule has 0 atom stereocenters. The lowest BCUT2D eigenvalue weighted by Crippen LogP contribution is -2.36. The normalized spacial score (nSPS) is 15.1. The van der Waals surface area contributed by atoms with E-state index < -0.39 is 0 Å². The summed E-state index contributed by atoms with van der Waals surface area (Å²) < 4.78 is 12.9. The fourth-order valence-electron chi connectivity index (χ4n) is 3.87. The number of nitrogens with zero attached hydrogens (tertiary/aromatic N) is 2. The number of hydrogen-bond donors (Lipinski definition) is 1. The van der Waals surface area contributed by atoms with E-state index in [-0.39, 0.29) is 11.5 Å². The molecule has 2 heterocycles. The third-order valence-corrected chi connectivity index (χ3v) is 5.21. The van der Waals surface area contributed by atoms with E-state index in [1.165, 1.54) is 0 Å². The van der Waals surface area contributed by atoms with Gasteiger partial charge in [-0.2, -0.15) is 0 Å². The molecule has 3 aromatic rings. The standard InChI is InChI=1S/C22H24N2O4/c1-15(25)22-19-13-17(26)5-8-20(19)24(16-3-6-18(27-2)7-4-16)21(22)14-23-9-11-28-12-10-23/h3-8,13,26H,9-12,14H2,1-2H3. The van der Waals surface area contributed by atoms with Crippen LogP contribution in [0.4, 0.5) is 0 Å². The quantitative estimate of drug-likeness (QED) is 0.688. The van der Waals surface area contributed by atoms with Crippen LogP contribution in [0.5, 0.6) is 11.5 Å². The Kier molecular flexibility index (Phi) is 5.07. The molecule has 1 aliphatic heterocycles. The van der Waals surface area contributed by atoms with Crippen molar-refractivity contribution in [2.75, 3.05) is 33.4 Å². The predicted molar refractivity (Wildman–Crippen MR) is 108 cm³/mol. The number of ketones is 1. The summed E-state index contributed by atoms with van der Waals surface area (Å²) in [7, 11) is 1.64. The average molecular weight is 380 g/mol. The molecule has 146 valence electrons. The first-order chi connectivity index (χ1) is 13.6. The molecule has 1 saturated heterocycles. The smallest absolute Gasteiger partial charge is 0.162 e. The molecule has 2 aromatic carbocycles. The van der Waals surface area contributed by atoms with Crippen molar-refractivity contribution in [3.63, 3.8) is 0 Å². The van der Waals surface area contributed by atoms with Gasteiger partial charge in [0.1, 0.15) is 11.5 Å². The molecular formula is C22H24N2O4. The Balaban J connectivity index is 1.93. The lowest BCUT2D eigenvalue weighted by atomic mass is 10.1. The SMILES string of the molecule is COc1ccc(-n2c(CN3CCOCC3)c(C(C)=O)c3cc(O)ccc32)cc1. The number of phenols is 1. The first-order valence-corrected chi connectivity index (χ1v) is 9.40. The Morgan fingerprint density at radius 1 is 1.14 bits per heavy atom. The molecule has 0 unspecified atom stereocenters. The summed E-state index contributed by atoms with van der Waals surface area (Å²) in [5, 5.41) is 10.8. The van der Waals surface area contributed by atoms with Crippen LogP contribution in [0.2, 0.25) is 0 Å². The highest BCUT2D eigenvalue weighted by Crippen LogP contribution is 2.33. The van der Waals surface area contributed by atoms with Crippen LogP contribution < -0.4 is 4.74 Å². The van der Waals surface area contributed by atoms with Crippen molar-refractivity contribution in [1.82, 2.24) is 9.47 Å². The number of phenolic OH excluding ortho intramolecular Hbond substituents is 1. The molecule has 28 heavy (non-hydrogen) atoms. The van der Waals surface area contributed by atoms with E-state index in [1.54, 1.807) is 26.2 Å². The Bertz CT molecular complexity index is 1000. The summed E-state index contributed by atoms with van der Waals surface area (Å²) in [6.45, 7) is 5.26. The fraction of sp³-hybridized carbons (Fsp3) is 0.318. The van der Waals surface area contributed by atoms with Crippen LogP contribution in [0.15, 0.2) is 42.5 Å². The summed E-state index contributed by atoms with van der Waals surface area (Å²) in [5.74, 6) is 0.922. The molecule has 0 aliphatic carbocycles. The molecule has 1 N–H and O–H groups in total. The van der Waals surface area contributed by atoms with Crippen molar-refractivity contribution in [1.29, 1.82) is 0 Å². The largest absolute Gasteiger partial charge is 0.508 e. The molecule has 6 nitrogen and oxygen atoms in total. The maximum Gasteiger partial charge on any atom is 0.162 e. The number of rotatable bonds is 5. The Morgan fingerprint density at radius 2 is 1.86 bits per heavy atom. The van der Waals surface area contributed by atoms with Crippen LogP contribution in [-0.4, -0.2) is 53.8 Å². The molecule has 1 aliphatic rings. The summed E-state index contributed by atoms with van der Waals surface area (Å²) >= 11 is 0. The fourth-order valence-corrected chi connectivity index (χ4v) is 3.87. The van der Waals surface area contributed by atoms with E-state index in [0.717, 1.165) is 41.1 Å². The van der Waals surface area contributed by atoms with Crippen LogP contribution in [0, 0.1) is 0 Å². The van der Waals surface area contributed by atoms with Gasteiger partial charge in [0.25, 0.3) is 0 Å². The number of benzene rings is 2. The van der Waals surface area contributed by atoms with Crippen LogP contribution in [-0.2, 0) is 11.3 Å². The van der Waals surface area contributed by atoms with Gasteiger partial charge in [-0.25, -0.2) is 0 Å². The minimum Gasteiger partial charge on any atom is -0.508 e. The lowest BCUT2D eigenvalue weighted by Gasteiger charge is -2.27. The number of ether oxygens (including phenoxy) is 2. The summed E-state index contributed by atoms with van der Waals surface area (Å²) in [6, 6.07) is 13.0. The highest BCUT2D eigenvalue weighted by molar-refractivity contribution is 6.09. The van der Waals surface area contributed by atoms with Crippen molar-refractivity contribution in [3.05, 3.63) is 53.7 Å². The van der Waals surface area contributed by atoms with Gasteiger partial charge in [0.05, 0.1) is 25.8 Å². The minimum absolute atomic E-state index is 0.00822. The van der Waals surface area contributed by atoms with E-state index in [0.29, 0.717) is 25.3 Å². The summed E-state index contributed by atoms with van der Waals surface area (Å²) in [5.41, 5.74) is 3.44. The monoisotopic (exact) mass is 380 g/mol. The summed E-state index contributed by atoms with van der Waals surface area (Å²) in [4.78, 5) is 14.9. The van der Waals surface area contributed by atoms with Gasteiger partial charge in [0.15, 0.2) is 5.78 Å². The molecule has 0 radical (unpaired) electrons. The highest BCUT2D eigenvalue weighted by atomic mass is 16.5. The predicted octanol–water partition coefficient (Wildman–Crippen LogP) is 3.38. The Labute approximate surface area is 163 Å². The first-order valence-electron chi connectivity index (χ1n) is 9.40. The number of carbonyl (C=O) groups is 1. The third kappa shape index (κ3) is 3.37. The molecule has 1 aromatic heterocycles. The van der Waals surface area contributed by atoms with Crippen molar-refractivity contribution in [2.45, 2.75) is 13.5 Å². The number of morpholine rings is 1. The second-order valence-electron chi connectivity index (χ2n) is 7.00. The van der Waals surface area contributed by atoms with Gasteiger partial charge < -0.3 is 19.1 Å².